The van der Waals surface area contributed by atoms with Gasteiger partial charge in [-0.1, -0.05) is 24.3 Å². The van der Waals surface area contributed by atoms with Crippen molar-refractivity contribution in [3.63, 3.8) is 0 Å². The predicted molar refractivity (Wildman–Crippen MR) is 89.0 cm³/mol. The Morgan fingerprint density at radius 1 is 0.955 bits per heavy atom. The van der Waals surface area contributed by atoms with Gasteiger partial charge in [0, 0.05) is 30.0 Å². The van der Waals surface area contributed by atoms with Gasteiger partial charge in [0.1, 0.15) is 0 Å². The second-order valence-electron chi connectivity index (χ2n) is 4.90. The van der Waals surface area contributed by atoms with Crippen molar-refractivity contribution < 1.29 is 9.59 Å². The standard InChI is InChI=1S/C17H20N2O2S/c20-16(18-12-10-15-8-5-13-22-15)9-4-11-19-17(21)14-6-2-1-3-7-14/h1-3,5-8,13H,4,9-12H2,(H,18,20)(H,19,21). The summed E-state index contributed by atoms with van der Waals surface area (Å²) in [7, 11) is 0. The molecule has 2 rings (SSSR count). The molecule has 0 spiro atoms. The van der Waals surface area contributed by atoms with Crippen LogP contribution in [-0.4, -0.2) is 24.9 Å². The van der Waals surface area contributed by atoms with Crippen molar-refractivity contribution in [3.05, 3.63) is 58.3 Å². The molecule has 1 heterocycles. The minimum Gasteiger partial charge on any atom is -0.356 e. The third-order valence-electron chi connectivity index (χ3n) is 3.18. The largest absolute Gasteiger partial charge is 0.356 e. The lowest BCUT2D eigenvalue weighted by Gasteiger charge is -2.06. The molecule has 0 unspecified atom stereocenters. The van der Waals surface area contributed by atoms with Gasteiger partial charge in [0.05, 0.1) is 0 Å². The highest BCUT2D eigenvalue weighted by molar-refractivity contribution is 7.09. The lowest BCUT2D eigenvalue weighted by molar-refractivity contribution is -0.121. The zero-order valence-corrected chi connectivity index (χ0v) is 13.2. The molecule has 22 heavy (non-hydrogen) atoms. The number of hydrogen-bond donors (Lipinski definition) is 2. The molecule has 0 saturated carbocycles. The maximum atomic E-state index is 11.8. The number of carbonyl (C=O) groups excluding carboxylic acids is 2. The zero-order chi connectivity index (χ0) is 15.6. The summed E-state index contributed by atoms with van der Waals surface area (Å²) < 4.78 is 0. The first-order valence-electron chi connectivity index (χ1n) is 7.38. The molecule has 116 valence electrons. The van der Waals surface area contributed by atoms with Crippen LogP contribution in [0.4, 0.5) is 0 Å². The fraction of sp³-hybridized carbons (Fsp3) is 0.294. The van der Waals surface area contributed by atoms with E-state index in [-0.39, 0.29) is 11.8 Å². The lowest BCUT2D eigenvalue weighted by atomic mass is 10.2. The summed E-state index contributed by atoms with van der Waals surface area (Å²) in [6, 6.07) is 13.1. The molecule has 2 amide bonds. The molecule has 1 aromatic carbocycles. The average Bonchev–Trinajstić information content (AvgIpc) is 3.05. The van der Waals surface area contributed by atoms with Crippen molar-refractivity contribution in [1.29, 1.82) is 0 Å². The summed E-state index contributed by atoms with van der Waals surface area (Å²) in [6.45, 7) is 1.17. The maximum Gasteiger partial charge on any atom is 0.251 e. The van der Waals surface area contributed by atoms with Gasteiger partial charge in [-0.3, -0.25) is 9.59 Å². The highest BCUT2D eigenvalue weighted by atomic mass is 32.1. The van der Waals surface area contributed by atoms with Crippen LogP contribution in [0.15, 0.2) is 47.8 Å². The lowest BCUT2D eigenvalue weighted by Crippen LogP contribution is -2.28. The van der Waals surface area contributed by atoms with Crippen LogP contribution in [0.3, 0.4) is 0 Å². The second kappa shape index (κ2) is 9.00. The smallest absolute Gasteiger partial charge is 0.251 e. The molecule has 0 saturated heterocycles. The SMILES string of the molecule is O=C(CCCNC(=O)c1ccccc1)NCCc1cccs1. The Hall–Kier alpha value is -2.14. The average molecular weight is 316 g/mol. The Morgan fingerprint density at radius 3 is 2.50 bits per heavy atom. The van der Waals surface area contributed by atoms with E-state index in [9.17, 15) is 9.59 Å². The highest BCUT2D eigenvalue weighted by Crippen LogP contribution is 2.08. The van der Waals surface area contributed by atoms with Crippen LogP contribution in [0, 0.1) is 0 Å². The number of nitrogens with one attached hydrogen (secondary N) is 2. The van der Waals surface area contributed by atoms with Crippen LogP contribution < -0.4 is 10.6 Å². The number of carbonyl (C=O) groups is 2. The number of rotatable bonds is 8. The van der Waals surface area contributed by atoms with Gasteiger partial charge in [-0.15, -0.1) is 11.3 Å². The Morgan fingerprint density at radius 2 is 1.77 bits per heavy atom. The van der Waals surface area contributed by atoms with Gasteiger partial charge >= 0.3 is 0 Å². The van der Waals surface area contributed by atoms with Crippen molar-refractivity contribution >= 4 is 23.2 Å². The molecule has 2 N–H and O–H groups in total. The first kappa shape index (κ1) is 16.2. The van der Waals surface area contributed by atoms with Crippen molar-refractivity contribution in [3.8, 4) is 0 Å². The van der Waals surface area contributed by atoms with E-state index in [0.717, 1.165) is 6.42 Å². The monoisotopic (exact) mass is 316 g/mol. The van der Waals surface area contributed by atoms with Gasteiger partial charge < -0.3 is 10.6 Å². The second-order valence-corrected chi connectivity index (χ2v) is 5.94. The molecular weight excluding hydrogens is 296 g/mol. The summed E-state index contributed by atoms with van der Waals surface area (Å²) in [5.74, 6) is -0.0655. The predicted octanol–water partition coefficient (Wildman–Crippen LogP) is 2.62. The van der Waals surface area contributed by atoms with Gasteiger partial charge in [-0.05, 0) is 36.4 Å². The maximum absolute atomic E-state index is 11.8. The van der Waals surface area contributed by atoms with E-state index in [1.165, 1.54) is 4.88 Å². The van der Waals surface area contributed by atoms with Crippen LogP contribution in [0.1, 0.15) is 28.1 Å². The Kier molecular flexibility index (Phi) is 6.64. The van der Waals surface area contributed by atoms with E-state index < -0.39 is 0 Å². The molecule has 1 aromatic heterocycles. The first-order chi connectivity index (χ1) is 10.8. The van der Waals surface area contributed by atoms with Crippen molar-refractivity contribution in [1.82, 2.24) is 10.6 Å². The molecule has 0 bridgehead atoms. The topological polar surface area (TPSA) is 58.2 Å². The van der Waals surface area contributed by atoms with E-state index in [2.05, 4.69) is 16.7 Å². The highest BCUT2D eigenvalue weighted by Gasteiger charge is 2.05. The molecule has 0 aliphatic heterocycles. The molecule has 0 fully saturated rings. The van der Waals surface area contributed by atoms with E-state index in [4.69, 9.17) is 0 Å². The van der Waals surface area contributed by atoms with Crippen LogP contribution in [0.5, 0.6) is 0 Å². The van der Waals surface area contributed by atoms with Crippen molar-refractivity contribution in [2.24, 2.45) is 0 Å². The third-order valence-corrected chi connectivity index (χ3v) is 4.11. The number of thiophene rings is 1. The molecule has 4 nitrogen and oxygen atoms in total. The summed E-state index contributed by atoms with van der Waals surface area (Å²) in [6.07, 6.45) is 1.94. The summed E-state index contributed by atoms with van der Waals surface area (Å²) in [4.78, 5) is 24.7. The number of benzene rings is 1. The summed E-state index contributed by atoms with van der Waals surface area (Å²) >= 11 is 1.70. The minimum absolute atomic E-state index is 0.0329. The Bertz CT molecular complexity index is 582. The molecule has 2 aromatic rings. The van der Waals surface area contributed by atoms with Gasteiger partial charge in [0.25, 0.3) is 5.91 Å². The molecule has 0 aliphatic rings. The van der Waals surface area contributed by atoms with Crippen LogP contribution in [-0.2, 0) is 11.2 Å². The fourth-order valence-electron chi connectivity index (χ4n) is 2.01. The number of amides is 2. The van der Waals surface area contributed by atoms with E-state index in [1.54, 1.807) is 23.5 Å². The Balaban J connectivity index is 1.54. The molecule has 0 radical (unpaired) electrons. The summed E-state index contributed by atoms with van der Waals surface area (Å²) in [5.41, 5.74) is 0.642. The molecule has 0 aliphatic carbocycles. The van der Waals surface area contributed by atoms with Gasteiger partial charge in [0.2, 0.25) is 5.91 Å². The van der Waals surface area contributed by atoms with Crippen LogP contribution in [0.2, 0.25) is 0 Å². The molecule has 0 atom stereocenters. The van der Waals surface area contributed by atoms with Gasteiger partial charge in [0.15, 0.2) is 0 Å². The Labute approximate surface area is 134 Å². The quantitative estimate of drug-likeness (QED) is 0.736. The molecule has 5 heteroatoms. The van der Waals surface area contributed by atoms with Gasteiger partial charge in [-0.2, -0.15) is 0 Å². The van der Waals surface area contributed by atoms with Gasteiger partial charge in [-0.25, -0.2) is 0 Å². The van der Waals surface area contributed by atoms with Crippen molar-refractivity contribution in [2.75, 3.05) is 13.1 Å². The van der Waals surface area contributed by atoms with E-state index >= 15 is 0 Å². The first-order valence-corrected chi connectivity index (χ1v) is 8.26. The minimum atomic E-state index is -0.0984. The zero-order valence-electron chi connectivity index (χ0n) is 12.4. The third kappa shape index (κ3) is 5.69. The van der Waals surface area contributed by atoms with Crippen LogP contribution >= 0.6 is 11.3 Å². The van der Waals surface area contributed by atoms with Crippen molar-refractivity contribution in [2.45, 2.75) is 19.3 Å². The van der Waals surface area contributed by atoms with Crippen LogP contribution in [0.25, 0.3) is 0 Å². The fourth-order valence-corrected chi connectivity index (χ4v) is 2.72. The molecular formula is C17H20N2O2S. The summed E-state index contributed by atoms with van der Waals surface area (Å²) in [5, 5.41) is 7.75. The van der Waals surface area contributed by atoms with E-state index in [1.807, 2.05) is 29.6 Å². The normalized spacial score (nSPS) is 10.2. The number of hydrogen-bond acceptors (Lipinski definition) is 3. The van der Waals surface area contributed by atoms with E-state index in [0.29, 0.717) is 31.5 Å².